The van der Waals surface area contributed by atoms with E-state index < -0.39 is 0 Å². The number of carbonyl (C=O) groups excluding carboxylic acids is 1. The van der Waals surface area contributed by atoms with Crippen molar-refractivity contribution in [2.75, 3.05) is 7.11 Å². The number of nitrogens with zero attached hydrogens (tertiary/aromatic N) is 3. The van der Waals surface area contributed by atoms with Crippen molar-refractivity contribution < 1.29 is 9.53 Å². The summed E-state index contributed by atoms with van der Waals surface area (Å²) < 4.78 is 5.44. The van der Waals surface area contributed by atoms with Crippen molar-refractivity contribution in [3.05, 3.63) is 54.0 Å². The smallest absolute Gasteiger partial charge is 0.228 e. The number of carbonyl (C=O) groups is 1. The molecule has 2 aliphatic heterocycles. The fourth-order valence-corrected chi connectivity index (χ4v) is 5.10. The molecule has 0 unspecified atom stereocenters. The van der Waals surface area contributed by atoms with Crippen molar-refractivity contribution in [1.29, 1.82) is 0 Å². The van der Waals surface area contributed by atoms with Crippen LogP contribution in [0.3, 0.4) is 0 Å². The highest BCUT2D eigenvalue weighted by atomic mass is 16.5. The molecular weight excluding hydrogens is 352 g/mol. The number of methoxy groups -OCH3 is 1. The van der Waals surface area contributed by atoms with Gasteiger partial charge in [0.05, 0.1) is 24.8 Å². The van der Waals surface area contributed by atoms with E-state index in [9.17, 15) is 4.79 Å². The first-order valence-corrected chi connectivity index (χ1v) is 10.1. The van der Waals surface area contributed by atoms with Crippen LogP contribution in [-0.4, -0.2) is 40.0 Å². The first kappa shape index (κ1) is 18.9. The van der Waals surface area contributed by atoms with Gasteiger partial charge in [0, 0.05) is 36.6 Å². The lowest BCUT2D eigenvalue weighted by molar-refractivity contribution is -0.133. The largest absolute Gasteiger partial charge is 0.481 e. The van der Waals surface area contributed by atoms with Crippen LogP contribution in [0.5, 0.6) is 5.88 Å². The van der Waals surface area contributed by atoms with Gasteiger partial charge in [0.25, 0.3) is 0 Å². The van der Waals surface area contributed by atoms with Crippen LogP contribution in [0.15, 0.2) is 42.7 Å². The molecule has 3 atom stereocenters. The Kier molecular flexibility index (Phi) is 5.31. The highest BCUT2D eigenvalue weighted by molar-refractivity contribution is 5.84. The second-order valence-electron chi connectivity index (χ2n) is 7.81. The highest BCUT2D eigenvalue weighted by Crippen LogP contribution is 2.52. The summed E-state index contributed by atoms with van der Waals surface area (Å²) in [5.74, 6) is 0.839. The maximum absolute atomic E-state index is 13.3. The summed E-state index contributed by atoms with van der Waals surface area (Å²) in [6, 6.07) is 10.5. The molecule has 2 aromatic rings. The third kappa shape index (κ3) is 3.26. The van der Waals surface area contributed by atoms with Crippen molar-refractivity contribution in [2.24, 2.45) is 5.41 Å². The monoisotopic (exact) mass is 380 g/mol. The molecule has 28 heavy (non-hydrogen) atoms. The van der Waals surface area contributed by atoms with Crippen molar-refractivity contribution in [3.63, 3.8) is 0 Å². The number of nitrogens with one attached hydrogen (secondary N) is 1. The molecule has 0 aromatic carbocycles. The van der Waals surface area contributed by atoms with E-state index >= 15 is 0 Å². The average molecular weight is 380 g/mol. The first-order valence-electron chi connectivity index (χ1n) is 10.1. The normalized spacial score (nSPS) is 26.4. The molecule has 4 heterocycles. The molecule has 2 aliphatic rings. The van der Waals surface area contributed by atoms with Crippen molar-refractivity contribution in [1.82, 2.24) is 20.2 Å². The molecule has 6 heteroatoms. The molecule has 4 rings (SSSR count). The summed E-state index contributed by atoms with van der Waals surface area (Å²) in [7, 11) is 1.66. The Balaban J connectivity index is 1.50. The molecule has 148 valence electrons. The summed E-state index contributed by atoms with van der Waals surface area (Å²) in [4.78, 5) is 24.4. The van der Waals surface area contributed by atoms with E-state index in [1.807, 2.05) is 24.3 Å². The van der Waals surface area contributed by atoms with Gasteiger partial charge in [0.1, 0.15) is 0 Å². The number of ether oxygens (including phenoxy) is 1. The zero-order valence-electron chi connectivity index (χ0n) is 16.6. The Morgan fingerprint density at radius 1 is 1.25 bits per heavy atom. The Labute approximate surface area is 166 Å². The van der Waals surface area contributed by atoms with Crippen LogP contribution in [0.25, 0.3) is 0 Å². The molecule has 1 amide bonds. The van der Waals surface area contributed by atoms with E-state index in [1.54, 1.807) is 19.5 Å². The van der Waals surface area contributed by atoms with Gasteiger partial charge in [-0.3, -0.25) is 14.7 Å². The number of fused-ring (bicyclic) bond motifs is 2. The molecule has 2 aromatic heterocycles. The van der Waals surface area contributed by atoms with E-state index in [1.165, 1.54) is 0 Å². The average Bonchev–Trinajstić information content (AvgIpc) is 3.28. The Morgan fingerprint density at radius 2 is 2.11 bits per heavy atom. The van der Waals surface area contributed by atoms with Gasteiger partial charge in [0.2, 0.25) is 11.8 Å². The lowest BCUT2D eigenvalue weighted by Gasteiger charge is -2.35. The molecule has 1 N–H and O–H groups in total. The van der Waals surface area contributed by atoms with Gasteiger partial charge in [-0.25, -0.2) is 4.98 Å². The van der Waals surface area contributed by atoms with Crippen LogP contribution in [0.2, 0.25) is 0 Å². The molecule has 0 spiro atoms. The number of hydrogen-bond donors (Lipinski definition) is 1. The number of hydrogen-bond acceptors (Lipinski definition) is 5. The predicted octanol–water partition coefficient (Wildman–Crippen LogP) is 2.93. The van der Waals surface area contributed by atoms with Crippen molar-refractivity contribution in [3.8, 4) is 5.88 Å². The summed E-state index contributed by atoms with van der Waals surface area (Å²) in [5, 5.41) is 3.16. The van der Waals surface area contributed by atoms with Gasteiger partial charge in [-0.2, -0.15) is 0 Å². The summed E-state index contributed by atoms with van der Waals surface area (Å²) in [6.45, 7) is 3.40. The number of amides is 1. The molecule has 0 aliphatic carbocycles. The second kappa shape index (κ2) is 7.87. The molecule has 2 fully saturated rings. The van der Waals surface area contributed by atoms with Gasteiger partial charge >= 0.3 is 0 Å². The van der Waals surface area contributed by atoms with Crippen LogP contribution in [-0.2, 0) is 17.9 Å². The van der Waals surface area contributed by atoms with Crippen molar-refractivity contribution >= 4 is 5.91 Å². The Morgan fingerprint density at radius 3 is 2.86 bits per heavy atom. The van der Waals surface area contributed by atoms with Crippen molar-refractivity contribution in [2.45, 2.75) is 57.8 Å². The van der Waals surface area contributed by atoms with Crippen LogP contribution in [0.4, 0.5) is 0 Å². The number of aromatic nitrogens is 2. The third-order valence-electron chi connectivity index (χ3n) is 6.52. The Hall–Kier alpha value is -2.47. The van der Waals surface area contributed by atoms with E-state index in [0.717, 1.165) is 43.5 Å². The topological polar surface area (TPSA) is 67.4 Å². The zero-order valence-corrected chi connectivity index (χ0v) is 16.6. The molecular formula is C22H28N4O2. The molecule has 2 saturated heterocycles. The van der Waals surface area contributed by atoms with Crippen LogP contribution < -0.4 is 10.1 Å². The number of rotatable bonds is 7. The lowest BCUT2D eigenvalue weighted by Crippen LogP contribution is -2.48. The van der Waals surface area contributed by atoms with E-state index in [-0.39, 0.29) is 17.4 Å². The highest BCUT2D eigenvalue weighted by Gasteiger charge is 2.58. The van der Waals surface area contributed by atoms with Crippen LogP contribution >= 0.6 is 0 Å². The SMILES string of the molecule is CC[C@@]1(C(=O)NCc2ccccn2)C[C@@H]2CC[C@H]1N2Cc1cccnc1OC. The molecule has 6 nitrogen and oxygen atoms in total. The van der Waals surface area contributed by atoms with Crippen LogP contribution in [0, 0.1) is 5.41 Å². The Bertz CT molecular complexity index is 828. The summed E-state index contributed by atoms with van der Waals surface area (Å²) >= 11 is 0. The summed E-state index contributed by atoms with van der Waals surface area (Å²) in [6.07, 6.45) is 7.51. The number of pyridine rings is 2. The minimum atomic E-state index is -0.326. The van der Waals surface area contributed by atoms with Gasteiger partial charge in [-0.05, 0) is 43.9 Å². The first-order chi connectivity index (χ1) is 13.7. The quantitative estimate of drug-likeness (QED) is 0.800. The van der Waals surface area contributed by atoms with Gasteiger partial charge < -0.3 is 10.1 Å². The maximum atomic E-state index is 13.3. The lowest BCUT2D eigenvalue weighted by atomic mass is 9.71. The molecule has 0 saturated carbocycles. The third-order valence-corrected chi connectivity index (χ3v) is 6.52. The van der Waals surface area contributed by atoms with Gasteiger partial charge in [-0.15, -0.1) is 0 Å². The minimum absolute atomic E-state index is 0.163. The zero-order chi connectivity index (χ0) is 19.6. The fraction of sp³-hybridized carbons (Fsp3) is 0.500. The van der Waals surface area contributed by atoms with Gasteiger partial charge in [0.15, 0.2) is 0 Å². The fourth-order valence-electron chi connectivity index (χ4n) is 5.10. The van der Waals surface area contributed by atoms with E-state index in [2.05, 4.69) is 33.2 Å². The predicted molar refractivity (Wildman–Crippen MR) is 107 cm³/mol. The van der Waals surface area contributed by atoms with E-state index in [4.69, 9.17) is 4.74 Å². The standard InChI is InChI=1S/C22H28N4O2/c1-3-22(21(27)25-14-17-8-4-5-11-23-17)13-18-9-10-19(22)26(18)15-16-7-6-12-24-20(16)28-2/h4-8,11-12,18-19H,3,9-10,13-15H2,1-2H3,(H,25,27)/t18-,19+,22+/m0/s1. The maximum Gasteiger partial charge on any atom is 0.228 e. The minimum Gasteiger partial charge on any atom is -0.481 e. The van der Waals surface area contributed by atoms with E-state index in [0.29, 0.717) is 18.5 Å². The second-order valence-corrected chi connectivity index (χ2v) is 7.81. The van der Waals surface area contributed by atoms with Gasteiger partial charge in [-0.1, -0.05) is 19.1 Å². The molecule has 0 radical (unpaired) electrons. The van der Waals surface area contributed by atoms with Crippen LogP contribution in [0.1, 0.15) is 43.9 Å². The molecule has 2 bridgehead atoms. The summed E-state index contributed by atoms with van der Waals surface area (Å²) in [5.41, 5.74) is 1.65.